The Hall–Kier alpha value is -3.60. The predicted octanol–water partition coefficient (Wildman–Crippen LogP) is 2.18. The molecule has 152 valence electrons. The van der Waals surface area contributed by atoms with Crippen molar-refractivity contribution in [3.63, 3.8) is 0 Å². The number of rotatable bonds is 7. The van der Waals surface area contributed by atoms with Crippen LogP contribution in [0.2, 0.25) is 0 Å². The van der Waals surface area contributed by atoms with E-state index < -0.39 is 15.9 Å². The number of para-hydroxylation sites is 2. The maximum atomic E-state index is 12.8. The molecule has 2 heterocycles. The van der Waals surface area contributed by atoms with Gasteiger partial charge in [0.05, 0.1) is 26.1 Å². The molecule has 0 atom stereocenters. The fraction of sp³-hybridized carbons (Fsp3) is 0.167. The van der Waals surface area contributed by atoms with Crippen LogP contribution in [0.3, 0.4) is 0 Å². The minimum absolute atomic E-state index is 0.0564. The summed E-state index contributed by atoms with van der Waals surface area (Å²) in [5, 5.41) is 9.23. The summed E-state index contributed by atoms with van der Waals surface area (Å²) in [6, 6.07) is 9.61. The van der Waals surface area contributed by atoms with Gasteiger partial charge in [0.15, 0.2) is 5.82 Å². The normalized spacial score (nSPS) is 11.0. The van der Waals surface area contributed by atoms with Gasteiger partial charge in [0.25, 0.3) is 15.9 Å². The summed E-state index contributed by atoms with van der Waals surface area (Å²) in [6.45, 7) is 1.61. The molecule has 0 spiro atoms. The van der Waals surface area contributed by atoms with Crippen molar-refractivity contribution >= 4 is 27.4 Å². The van der Waals surface area contributed by atoms with E-state index in [4.69, 9.17) is 9.47 Å². The molecule has 0 unspecified atom stereocenters. The van der Waals surface area contributed by atoms with E-state index in [0.29, 0.717) is 17.1 Å². The Balaban J connectivity index is 1.88. The SMILES string of the molecule is COc1ccc(S(=O)(=O)Nc2n[nH]c(C)c2C(=O)Nc2ccccc2OC)cn1. The highest BCUT2D eigenvalue weighted by Gasteiger charge is 2.24. The van der Waals surface area contributed by atoms with Crippen molar-refractivity contribution in [2.24, 2.45) is 0 Å². The van der Waals surface area contributed by atoms with Crippen molar-refractivity contribution in [3.8, 4) is 11.6 Å². The van der Waals surface area contributed by atoms with Gasteiger partial charge < -0.3 is 14.8 Å². The number of H-pyrrole nitrogens is 1. The van der Waals surface area contributed by atoms with E-state index in [1.165, 1.54) is 26.4 Å². The first-order valence-electron chi connectivity index (χ1n) is 8.38. The molecule has 1 amide bonds. The largest absolute Gasteiger partial charge is 0.495 e. The number of benzene rings is 1. The molecule has 29 heavy (non-hydrogen) atoms. The molecule has 0 radical (unpaired) electrons. The van der Waals surface area contributed by atoms with Crippen LogP contribution in [0.5, 0.6) is 11.6 Å². The van der Waals surface area contributed by atoms with Crippen molar-refractivity contribution in [1.82, 2.24) is 15.2 Å². The molecule has 3 rings (SSSR count). The van der Waals surface area contributed by atoms with Crippen molar-refractivity contribution in [2.75, 3.05) is 24.3 Å². The van der Waals surface area contributed by atoms with E-state index in [0.717, 1.165) is 6.20 Å². The number of anilines is 2. The Morgan fingerprint density at radius 3 is 2.52 bits per heavy atom. The lowest BCUT2D eigenvalue weighted by Crippen LogP contribution is -2.19. The van der Waals surface area contributed by atoms with E-state index in [-0.39, 0.29) is 22.2 Å². The minimum Gasteiger partial charge on any atom is -0.495 e. The van der Waals surface area contributed by atoms with E-state index in [9.17, 15) is 13.2 Å². The standard InChI is InChI=1S/C18H19N5O5S/c1-11-16(18(24)20-13-6-4-5-7-14(13)27-2)17(22-21-11)23-29(25,26)12-8-9-15(28-3)19-10-12/h4-10H,1-3H3,(H,20,24)(H2,21,22,23). The Bertz CT molecular complexity index is 1130. The summed E-state index contributed by atoms with van der Waals surface area (Å²) in [4.78, 5) is 16.6. The summed E-state index contributed by atoms with van der Waals surface area (Å²) in [5.41, 5.74) is 0.887. The van der Waals surface area contributed by atoms with Gasteiger partial charge in [-0.05, 0) is 25.1 Å². The van der Waals surface area contributed by atoms with Gasteiger partial charge in [-0.2, -0.15) is 5.10 Å². The zero-order valence-corrected chi connectivity index (χ0v) is 16.7. The fourth-order valence-electron chi connectivity index (χ4n) is 2.55. The van der Waals surface area contributed by atoms with Crippen molar-refractivity contribution in [1.29, 1.82) is 0 Å². The number of carbonyl (C=O) groups excluding carboxylic acids is 1. The number of pyridine rings is 1. The molecule has 3 N–H and O–H groups in total. The second-order valence-corrected chi connectivity index (χ2v) is 7.55. The van der Waals surface area contributed by atoms with Gasteiger partial charge >= 0.3 is 0 Å². The average Bonchev–Trinajstić information content (AvgIpc) is 3.07. The topological polar surface area (TPSA) is 135 Å². The number of methoxy groups -OCH3 is 2. The first-order valence-corrected chi connectivity index (χ1v) is 9.86. The Morgan fingerprint density at radius 1 is 1.10 bits per heavy atom. The molecular weight excluding hydrogens is 398 g/mol. The maximum absolute atomic E-state index is 12.8. The maximum Gasteiger partial charge on any atom is 0.264 e. The molecule has 0 fully saturated rings. The number of nitrogens with zero attached hydrogens (tertiary/aromatic N) is 2. The Kier molecular flexibility index (Phi) is 5.69. The van der Waals surface area contributed by atoms with E-state index >= 15 is 0 Å². The number of carbonyl (C=O) groups is 1. The molecule has 0 aliphatic heterocycles. The summed E-state index contributed by atoms with van der Waals surface area (Å²) in [6.07, 6.45) is 1.15. The molecule has 0 aliphatic rings. The number of aryl methyl sites for hydroxylation is 1. The lowest BCUT2D eigenvalue weighted by molar-refractivity contribution is 0.102. The molecule has 0 saturated heterocycles. The molecule has 0 bridgehead atoms. The number of sulfonamides is 1. The monoisotopic (exact) mass is 417 g/mol. The number of hydrogen-bond acceptors (Lipinski definition) is 7. The Labute approximate surface area is 167 Å². The number of aromatic nitrogens is 3. The minimum atomic E-state index is -4.02. The van der Waals surface area contributed by atoms with E-state index in [1.807, 2.05) is 0 Å². The van der Waals surface area contributed by atoms with Gasteiger partial charge in [-0.25, -0.2) is 13.4 Å². The first-order chi connectivity index (χ1) is 13.9. The van der Waals surface area contributed by atoms with Crippen LogP contribution in [-0.4, -0.2) is 43.7 Å². The molecule has 10 nitrogen and oxygen atoms in total. The predicted molar refractivity (Wildman–Crippen MR) is 106 cm³/mol. The van der Waals surface area contributed by atoms with Gasteiger partial charge in [-0.15, -0.1) is 0 Å². The number of nitrogens with one attached hydrogen (secondary N) is 3. The fourth-order valence-corrected chi connectivity index (χ4v) is 3.50. The lowest BCUT2D eigenvalue weighted by atomic mass is 10.2. The molecule has 1 aromatic carbocycles. The smallest absolute Gasteiger partial charge is 0.264 e. The number of hydrogen-bond donors (Lipinski definition) is 3. The van der Waals surface area contributed by atoms with Gasteiger partial charge in [0.1, 0.15) is 16.2 Å². The molecular formula is C18H19N5O5S. The van der Waals surface area contributed by atoms with E-state index in [2.05, 4.69) is 25.2 Å². The highest BCUT2D eigenvalue weighted by molar-refractivity contribution is 7.92. The third-order valence-corrected chi connectivity index (χ3v) is 5.31. The zero-order chi connectivity index (χ0) is 21.0. The van der Waals surface area contributed by atoms with Gasteiger partial charge in [-0.1, -0.05) is 12.1 Å². The second kappa shape index (κ2) is 8.19. The van der Waals surface area contributed by atoms with Crippen LogP contribution in [-0.2, 0) is 10.0 Å². The molecule has 2 aromatic heterocycles. The zero-order valence-electron chi connectivity index (χ0n) is 15.9. The van der Waals surface area contributed by atoms with E-state index in [1.54, 1.807) is 31.2 Å². The highest BCUT2D eigenvalue weighted by atomic mass is 32.2. The summed E-state index contributed by atoms with van der Waals surface area (Å²) in [7, 11) is -1.11. The van der Waals surface area contributed by atoms with Gasteiger partial charge in [0.2, 0.25) is 5.88 Å². The highest BCUT2D eigenvalue weighted by Crippen LogP contribution is 2.26. The van der Waals surface area contributed by atoms with Crippen molar-refractivity contribution in [2.45, 2.75) is 11.8 Å². The number of aromatic amines is 1. The third kappa shape index (κ3) is 4.29. The number of amides is 1. The van der Waals surface area contributed by atoms with Crippen molar-refractivity contribution < 1.29 is 22.7 Å². The summed E-state index contributed by atoms with van der Waals surface area (Å²) < 4.78 is 37.7. The molecule has 3 aromatic rings. The molecule has 0 saturated carbocycles. The van der Waals surface area contributed by atoms with Crippen LogP contribution >= 0.6 is 0 Å². The van der Waals surface area contributed by atoms with Gasteiger partial charge in [0, 0.05) is 11.8 Å². The van der Waals surface area contributed by atoms with Crippen LogP contribution in [0, 0.1) is 6.92 Å². The van der Waals surface area contributed by atoms with Gasteiger partial charge in [-0.3, -0.25) is 14.6 Å². The number of ether oxygens (including phenoxy) is 2. The summed E-state index contributed by atoms with van der Waals surface area (Å²) in [5.74, 6) is 0.0573. The summed E-state index contributed by atoms with van der Waals surface area (Å²) >= 11 is 0. The van der Waals surface area contributed by atoms with Crippen LogP contribution in [0.4, 0.5) is 11.5 Å². The Morgan fingerprint density at radius 2 is 1.86 bits per heavy atom. The van der Waals surface area contributed by atoms with Crippen LogP contribution in [0.15, 0.2) is 47.5 Å². The van der Waals surface area contributed by atoms with Crippen LogP contribution in [0.25, 0.3) is 0 Å². The van der Waals surface area contributed by atoms with Crippen LogP contribution in [0.1, 0.15) is 16.1 Å². The second-order valence-electron chi connectivity index (χ2n) is 5.87. The van der Waals surface area contributed by atoms with Crippen LogP contribution < -0.4 is 19.5 Å². The third-order valence-electron chi connectivity index (χ3n) is 3.99. The molecule has 11 heteroatoms. The molecule has 0 aliphatic carbocycles. The van der Waals surface area contributed by atoms with Crippen molar-refractivity contribution in [3.05, 3.63) is 53.9 Å². The quantitative estimate of drug-likeness (QED) is 0.536. The first kappa shape index (κ1) is 20.1. The average molecular weight is 417 g/mol. The lowest BCUT2D eigenvalue weighted by Gasteiger charge is -2.11.